The first-order chi connectivity index (χ1) is 14.1. The van der Waals surface area contributed by atoms with Crippen LogP contribution in [-0.2, 0) is 4.74 Å². The molecule has 11 nitrogen and oxygen atoms in total. The molecule has 0 spiro atoms. The molecule has 160 valence electrons. The van der Waals surface area contributed by atoms with Crippen LogP contribution in [0.25, 0.3) is 21.9 Å². The van der Waals surface area contributed by atoms with Gasteiger partial charge in [-0.25, -0.2) is 0 Å². The van der Waals surface area contributed by atoms with E-state index in [0.29, 0.717) is 0 Å². The van der Waals surface area contributed by atoms with E-state index in [1.54, 1.807) is 0 Å². The molecule has 1 saturated heterocycles. The quantitative estimate of drug-likeness (QED) is 0.191. The van der Waals surface area contributed by atoms with Gasteiger partial charge in [-0.1, -0.05) is 0 Å². The molecule has 5 atom stereocenters. The van der Waals surface area contributed by atoms with E-state index in [4.69, 9.17) is 9.15 Å². The van der Waals surface area contributed by atoms with Crippen molar-refractivity contribution in [1.82, 2.24) is 0 Å². The molecule has 0 saturated carbocycles. The van der Waals surface area contributed by atoms with Crippen molar-refractivity contribution in [2.24, 2.45) is 0 Å². The summed E-state index contributed by atoms with van der Waals surface area (Å²) in [6.45, 7) is -0.730. The van der Waals surface area contributed by atoms with Gasteiger partial charge in [0.1, 0.15) is 58.6 Å². The van der Waals surface area contributed by atoms with Crippen molar-refractivity contribution in [2.45, 2.75) is 30.5 Å². The van der Waals surface area contributed by atoms with E-state index in [-0.39, 0.29) is 16.6 Å². The van der Waals surface area contributed by atoms with Crippen molar-refractivity contribution in [3.63, 3.8) is 0 Å². The van der Waals surface area contributed by atoms with Crippen molar-refractivity contribution in [3.05, 3.63) is 34.0 Å². The zero-order valence-electron chi connectivity index (χ0n) is 15.1. The fourth-order valence-corrected chi connectivity index (χ4v) is 3.64. The number of aromatic hydroxyl groups is 4. The van der Waals surface area contributed by atoms with Crippen molar-refractivity contribution in [1.29, 1.82) is 0 Å². The number of rotatable bonds is 2. The Balaban J connectivity index is 1.98. The predicted octanol–water partition coefficient (Wildman–Crippen LogP) is -0.717. The number of hydrogen-bond donors (Lipinski definition) is 8. The van der Waals surface area contributed by atoms with E-state index < -0.39 is 76.5 Å². The lowest BCUT2D eigenvalue weighted by atomic mass is 9.89. The molecule has 3 aromatic rings. The number of hydrogen-bond acceptors (Lipinski definition) is 11. The summed E-state index contributed by atoms with van der Waals surface area (Å²) in [6, 6.07) is 2.90. The molecule has 1 fully saturated rings. The first-order valence-electron chi connectivity index (χ1n) is 8.83. The number of aliphatic hydroxyl groups is 4. The van der Waals surface area contributed by atoms with Crippen LogP contribution >= 0.6 is 0 Å². The van der Waals surface area contributed by atoms with Gasteiger partial charge in [0.2, 0.25) is 5.43 Å². The van der Waals surface area contributed by atoms with E-state index in [1.165, 1.54) is 0 Å². The molecular weight excluding hydrogens is 404 g/mol. The molecule has 2 aromatic carbocycles. The van der Waals surface area contributed by atoms with Gasteiger partial charge in [0, 0.05) is 12.1 Å². The molecular formula is C19H18O11. The molecule has 4 rings (SSSR count). The molecule has 0 aliphatic carbocycles. The van der Waals surface area contributed by atoms with Crippen LogP contribution in [0.2, 0.25) is 0 Å². The van der Waals surface area contributed by atoms with Crippen LogP contribution in [0.1, 0.15) is 11.7 Å². The minimum Gasteiger partial charge on any atom is -0.507 e. The number of phenolic OH excluding ortho intramolecular Hbond substituents is 4. The average Bonchev–Trinajstić information content (AvgIpc) is 2.69. The molecule has 1 aromatic heterocycles. The molecule has 1 aliphatic rings. The van der Waals surface area contributed by atoms with Gasteiger partial charge in [-0.2, -0.15) is 0 Å². The highest BCUT2D eigenvalue weighted by molar-refractivity contribution is 5.96. The second kappa shape index (κ2) is 7.00. The van der Waals surface area contributed by atoms with E-state index in [1.807, 2.05) is 0 Å². The summed E-state index contributed by atoms with van der Waals surface area (Å²) in [5, 5.41) is 79.4. The maximum Gasteiger partial charge on any atom is 0.204 e. The molecule has 30 heavy (non-hydrogen) atoms. The van der Waals surface area contributed by atoms with Crippen molar-refractivity contribution >= 4 is 21.9 Å². The van der Waals surface area contributed by atoms with E-state index in [0.717, 1.165) is 18.2 Å². The lowest BCUT2D eigenvalue weighted by Gasteiger charge is -2.40. The first kappa shape index (κ1) is 20.2. The summed E-state index contributed by atoms with van der Waals surface area (Å²) < 4.78 is 10.8. The minimum absolute atomic E-state index is 0.123. The van der Waals surface area contributed by atoms with E-state index in [2.05, 4.69) is 0 Å². The van der Waals surface area contributed by atoms with Gasteiger partial charge >= 0.3 is 0 Å². The zero-order chi connectivity index (χ0) is 21.9. The second-order valence-corrected chi connectivity index (χ2v) is 7.05. The van der Waals surface area contributed by atoms with E-state index in [9.17, 15) is 45.6 Å². The monoisotopic (exact) mass is 422 g/mol. The SMILES string of the molecule is O=c1c2cc(O)c(O)cc2oc2cc(O)c([C@@H]3OC(CO)[C@H](O)[C@H](O)C3O)c(O)c12. The van der Waals surface area contributed by atoms with Crippen LogP contribution in [0.4, 0.5) is 0 Å². The first-order valence-corrected chi connectivity index (χ1v) is 8.83. The zero-order valence-corrected chi connectivity index (χ0v) is 15.1. The predicted molar refractivity (Wildman–Crippen MR) is 99.4 cm³/mol. The Morgan fingerprint density at radius 3 is 2.13 bits per heavy atom. The van der Waals surface area contributed by atoms with Crippen LogP contribution < -0.4 is 5.43 Å². The normalized spacial score (nSPS) is 27.0. The minimum atomic E-state index is -1.81. The maximum absolute atomic E-state index is 12.9. The third-order valence-corrected chi connectivity index (χ3v) is 5.23. The fourth-order valence-electron chi connectivity index (χ4n) is 3.64. The lowest BCUT2D eigenvalue weighted by molar-refractivity contribution is -0.232. The summed E-state index contributed by atoms with van der Waals surface area (Å²) in [6.07, 6.45) is -8.16. The Labute approximate surface area is 166 Å². The molecule has 0 bridgehead atoms. The summed E-state index contributed by atoms with van der Waals surface area (Å²) in [7, 11) is 0. The van der Waals surface area contributed by atoms with Gasteiger partial charge in [0.25, 0.3) is 0 Å². The summed E-state index contributed by atoms with van der Waals surface area (Å²) in [5.74, 6) is -2.62. The van der Waals surface area contributed by atoms with E-state index >= 15 is 0 Å². The van der Waals surface area contributed by atoms with Crippen molar-refractivity contribution in [3.8, 4) is 23.0 Å². The second-order valence-electron chi connectivity index (χ2n) is 7.05. The maximum atomic E-state index is 12.9. The molecule has 11 heteroatoms. The van der Waals surface area contributed by atoms with Crippen molar-refractivity contribution < 1.29 is 50.0 Å². The topological polar surface area (TPSA) is 201 Å². The molecule has 1 aliphatic heterocycles. The number of phenols is 4. The molecule has 8 N–H and O–H groups in total. The lowest BCUT2D eigenvalue weighted by Crippen LogP contribution is -2.55. The Morgan fingerprint density at radius 1 is 0.833 bits per heavy atom. The summed E-state index contributed by atoms with van der Waals surface area (Å²) in [4.78, 5) is 12.9. The molecule has 0 radical (unpaired) electrons. The third kappa shape index (κ3) is 2.83. The van der Waals surface area contributed by atoms with Gasteiger partial charge in [-0.15, -0.1) is 0 Å². The highest BCUT2D eigenvalue weighted by Gasteiger charge is 2.46. The average molecular weight is 422 g/mol. The van der Waals surface area contributed by atoms with Gasteiger partial charge in [-0.05, 0) is 6.07 Å². The largest absolute Gasteiger partial charge is 0.507 e. The summed E-state index contributed by atoms with van der Waals surface area (Å²) >= 11 is 0. The standard InChI is InChI=1S/C19H18O11/c20-4-11-15(25)17(27)18(28)19(30-11)12-8(23)3-10-13(16(12)26)14(24)5-1-6(21)7(22)2-9(5)29-10/h1-3,11,15,17-23,25-28H,4H2/t11?,15-,17-,18?,19-/m0/s1. The Morgan fingerprint density at radius 2 is 1.47 bits per heavy atom. The number of benzene rings is 2. The highest BCUT2D eigenvalue weighted by Crippen LogP contribution is 2.45. The van der Waals surface area contributed by atoms with Gasteiger partial charge in [-0.3, -0.25) is 4.79 Å². The van der Waals surface area contributed by atoms with Crippen LogP contribution in [0, 0.1) is 0 Å². The van der Waals surface area contributed by atoms with Crippen molar-refractivity contribution in [2.75, 3.05) is 6.61 Å². The number of ether oxygens (including phenoxy) is 1. The van der Waals surface area contributed by atoms with Gasteiger partial charge in [0.15, 0.2) is 11.5 Å². The van der Waals surface area contributed by atoms with Gasteiger partial charge in [0.05, 0.1) is 17.6 Å². The third-order valence-electron chi connectivity index (χ3n) is 5.23. The summed E-state index contributed by atoms with van der Waals surface area (Å²) in [5.41, 5.74) is -1.66. The van der Waals surface area contributed by atoms with Crippen LogP contribution in [-0.4, -0.2) is 71.9 Å². The van der Waals surface area contributed by atoms with Crippen LogP contribution in [0.15, 0.2) is 27.4 Å². The number of fused-ring (bicyclic) bond motifs is 2. The Bertz CT molecular complexity index is 1200. The number of aliphatic hydroxyl groups excluding tert-OH is 4. The van der Waals surface area contributed by atoms with Crippen LogP contribution in [0.3, 0.4) is 0 Å². The molecule has 2 unspecified atom stereocenters. The van der Waals surface area contributed by atoms with Gasteiger partial charge < -0.3 is 50.0 Å². The smallest absolute Gasteiger partial charge is 0.204 e. The molecule has 0 amide bonds. The highest BCUT2D eigenvalue weighted by atomic mass is 16.5. The van der Waals surface area contributed by atoms with Crippen LogP contribution in [0.5, 0.6) is 23.0 Å². The molecule has 2 heterocycles. The fraction of sp³-hybridized carbons (Fsp3) is 0.316. The Hall–Kier alpha value is -3.09. The Kier molecular flexibility index (Phi) is 4.71.